The van der Waals surface area contributed by atoms with Gasteiger partial charge in [-0.25, -0.2) is 0 Å². The summed E-state index contributed by atoms with van der Waals surface area (Å²) in [6.45, 7) is 1.89. The molecule has 2 rings (SSSR count). The standard InChI is InChI=1S/C12H16N4OS2/c1-8(11-15-16-12(13)19-11)14-10(17)6-2-4-9-5-3-7-18-9/h3,5,7-8H,2,4,6H2,1H3,(H2,13,16)(H,14,17)/t8-/m0/s1. The van der Waals surface area contributed by atoms with E-state index in [0.29, 0.717) is 11.6 Å². The number of rotatable bonds is 6. The van der Waals surface area contributed by atoms with Crippen LogP contribution >= 0.6 is 22.7 Å². The lowest BCUT2D eigenvalue weighted by molar-refractivity contribution is -0.121. The molecule has 0 aliphatic heterocycles. The van der Waals surface area contributed by atoms with Crippen molar-refractivity contribution in [1.29, 1.82) is 0 Å². The highest BCUT2D eigenvalue weighted by Gasteiger charge is 2.13. The molecular formula is C12H16N4OS2. The molecule has 0 radical (unpaired) electrons. The van der Waals surface area contributed by atoms with Gasteiger partial charge < -0.3 is 11.1 Å². The summed E-state index contributed by atoms with van der Waals surface area (Å²) >= 11 is 3.03. The molecule has 102 valence electrons. The molecule has 3 N–H and O–H groups in total. The van der Waals surface area contributed by atoms with Crippen molar-refractivity contribution < 1.29 is 4.79 Å². The fourth-order valence-electron chi connectivity index (χ4n) is 1.67. The first-order valence-electron chi connectivity index (χ1n) is 6.06. The lowest BCUT2D eigenvalue weighted by Crippen LogP contribution is -2.26. The molecule has 0 saturated carbocycles. The van der Waals surface area contributed by atoms with E-state index in [9.17, 15) is 4.79 Å². The van der Waals surface area contributed by atoms with Crippen molar-refractivity contribution >= 4 is 33.7 Å². The minimum Gasteiger partial charge on any atom is -0.374 e. The van der Waals surface area contributed by atoms with Crippen LogP contribution in [0.25, 0.3) is 0 Å². The number of aromatic nitrogens is 2. The summed E-state index contributed by atoms with van der Waals surface area (Å²) in [7, 11) is 0. The first kappa shape index (κ1) is 14.0. The van der Waals surface area contributed by atoms with Crippen LogP contribution in [0.15, 0.2) is 17.5 Å². The van der Waals surface area contributed by atoms with Gasteiger partial charge in [0.1, 0.15) is 5.01 Å². The number of hydrogen-bond donors (Lipinski definition) is 2. The van der Waals surface area contributed by atoms with Gasteiger partial charge in [0.15, 0.2) is 0 Å². The van der Waals surface area contributed by atoms with E-state index in [-0.39, 0.29) is 11.9 Å². The van der Waals surface area contributed by atoms with Crippen molar-refractivity contribution in [2.45, 2.75) is 32.2 Å². The van der Waals surface area contributed by atoms with Gasteiger partial charge in [0.25, 0.3) is 0 Å². The average molecular weight is 296 g/mol. The van der Waals surface area contributed by atoms with Gasteiger partial charge in [-0.1, -0.05) is 17.4 Å². The number of carbonyl (C=O) groups is 1. The molecule has 2 aromatic rings. The maximum absolute atomic E-state index is 11.8. The summed E-state index contributed by atoms with van der Waals surface area (Å²) < 4.78 is 0. The molecule has 2 heterocycles. The monoisotopic (exact) mass is 296 g/mol. The zero-order valence-corrected chi connectivity index (χ0v) is 12.3. The molecule has 5 nitrogen and oxygen atoms in total. The van der Waals surface area contributed by atoms with Crippen molar-refractivity contribution in [3.63, 3.8) is 0 Å². The SMILES string of the molecule is C[C@H](NC(=O)CCCc1cccs1)c1nnc(N)s1. The molecule has 0 unspecified atom stereocenters. The molecule has 0 aromatic carbocycles. The smallest absolute Gasteiger partial charge is 0.220 e. The third-order valence-corrected chi connectivity index (χ3v) is 4.48. The molecule has 1 atom stereocenters. The third kappa shape index (κ3) is 4.29. The van der Waals surface area contributed by atoms with E-state index in [2.05, 4.69) is 27.0 Å². The number of carbonyl (C=O) groups excluding carboxylic acids is 1. The van der Waals surface area contributed by atoms with Gasteiger partial charge in [-0.2, -0.15) is 0 Å². The van der Waals surface area contributed by atoms with E-state index < -0.39 is 0 Å². The van der Waals surface area contributed by atoms with Gasteiger partial charge in [0.05, 0.1) is 6.04 Å². The van der Waals surface area contributed by atoms with Crippen molar-refractivity contribution in [2.24, 2.45) is 0 Å². The Morgan fingerprint density at radius 1 is 1.53 bits per heavy atom. The van der Waals surface area contributed by atoms with Gasteiger partial charge in [0, 0.05) is 11.3 Å². The Labute approximate surface area is 119 Å². The molecule has 0 aliphatic carbocycles. The Hall–Kier alpha value is -1.47. The van der Waals surface area contributed by atoms with Crippen LogP contribution in [0.3, 0.4) is 0 Å². The van der Waals surface area contributed by atoms with Crippen LogP contribution < -0.4 is 11.1 Å². The third-order valence-electron chi connectivity index (χ3n) is 2.61. The summed E-state index contributed by atoms with van der Waals surface area (Å²) in [6.07, 6.45) is 2.33. The van der Waals surface area contributed by atoms with Gasteiger partial charge in [-0.05, 0) is 31.2 Å². The van der Waals surface area contributed by atoms with Crippen molar-refractivity contribution in [3.8, 4) is 0 Å². The number of thiophene rings is 1. The molecule has 7 heteroatoms. The van der Waals surface area contributed by atoms with Crippen LogP contribution in [0, 0.1) is 0 Å². The normalized spacial score (nSPS) is 12.3. The minimum atomic E-state index is -0.135. The number of amides is 1. The number of nitrogens with zero attached hydrogens (tertiary/aromatic N) is 2. The molecule has 2 aromatic heterocycles. The van der Waals surface area contributed by atoms with E-state index in [1.54, 1.807) is 11.3 Å². The number of hydrogen-bond acceptors (Lipinski definition) is 6. The summed E-state index contributed by atoms with van der Waals surface area (Å²) in [5, 5.41) is 13.8. The topological polar surface area (TPSA) is 80.9 Å². The maximum atomic E-state index is 11.8. The first-order chi connectivity index (χ1) is 9.15. The predicted octanol–water partition coefficient (Wildman–Crippen LogP) is 2.38. The Morgan fingerprint density at radius 3 is 3.00 bits per heavy atom. The zero-order chi connectivity index (χ0) is 13.7. The highest BCUT2D eigenvalue weighted by Crippen LogP contribution is 2.19. The van der Waals surface area contributed by atoms with Gasteiger partial charge in [0.2, 0.25) is 11.0 Å². The molecular weight excluding hydrogens is 280 g/mol. The Bertz CT molecular complexity index is 524. The van der Waals surface area contributed by atoms with Crippen LogP contribution in [0.4, 0.5) is 5.13 Å². The first-order valence-corrected chi connectivity index (χ1v) is 7.75. The molecule has 1 amide bonds. The number of nitrogens with one attached hydrogen (secondary N) is 1. The largest absolute Gasteiger partial charge is 0.374 e. The van der Waals surface area contributed by atoms with E-state index >= 15 is 0 Å². The van der Waals surface area contributed by atoms with Gasteiger partial charge >= 0.3 is 0 Å². The lowest BCUT2D eigenvalue weighted by Gasteiger charge is -2.10. The number of nitrogens with two attached hydrogens (primary N) is 1. The van der Waals surface area contributed by atoms with Crippen molar-refractivity contribution in [3.05, 3.63) is 27.4 Å². The predicted molar refractivity (Wildman–Crippen MR) is 78.1 cm³/mol. The fraction of sp³-hybridized carbons (Fsp3) is 0.417. The number of aryl methyl sites for hydroxylation is 1. The quantitative estimate of drug-likeness (QED) is 0.857. The van der Waals surface area contributed by atoms with E-state index in [0.717, 1.165) is 17.8 Å². The second-order valence-corrected chi connectivity index (χ2v) is 6.27. The van der Waals surface area contributed by atoms with E-state index in [1.165, 1.54) is 16.2 Å². The van der Waals surface area contributed by atoms with E-state index in [1.807, 2.05) is 13.0 Å². The second kappa shape index (κ2) is 6.63. The highest BCUT2D eigenvalue weighted by atomic mass is 32.1. The highest BCUT2D eigenvalue weighted by molar-refractivity contribution is 7.15. The molecule has 19 heavy (non-hydrogen) atoms. The molecule has 0 spiro atoms. The molecule has 0 saturated heterocycles. The van der Waals surface area contributed by atoms with Crippen LogP contribution in [0.2, 0.25) is 0 Å². The lowest BCUT2D eigenvalue weighted by atomic mass is 10.2. The summed E-state index contributed by atoms with van der Waals surface area (Å²) in [6, 6.07) is 3.99. The summed E-state index contributed by atoms with van der Waals surface area (Å²) in [5.74, 6) is 0.0397. The second-order valence-electron chi connectivity index (χ2n) is 4.20. The zero-order valence-electron chi connectivity index (χ0n) is 10.6. The fourth-order valence-corrected chi connectivity index (χ4v) is 3.04. The summed E-state index contributed by atoms with van der Waals surface area (Å²) in [4.78, 5) is 13.1. The summed E-state index contributed by atoms with van der Waals surface area (Å²) in [5.41, 5.74) is 5.51. The maximum Gasteiger partial charge on any atom is 0.220 e. The van der Waals surface area contributed by atoms with Crippen LogP contribution in [0.1, 0.15) is 35.7 Å². The van der Waals surface area contributed by atoms with E-state index in [4.69, 9.17) is 5.73 Å². The van der Waals surface area contributed by atoms with Gasteiger partial charge in [-0.15, -0.1) is 21.5 Å². The molecule has 0 bridgehead atoms. The van der Waals surface area contributed by atoms with Crippen LogP contribution in [-0.4, -0.2) is 16.1 Å². The molecule has 0 aliphatic rings. The van der Waals surface area contributed by atoms with Gasteiger partial charge in [-0.3, -0.25) is 4.79 Å². The Morgan fingerprint density at radius 2 is 2.37 bits per heavy atom. The van der Waals surface area contributed by atoms with Crippen LogP contribution in [0.5, 0.6) is 0 Å². The Kier molecular flexibility index (Phi) is 4.86. The van der Waals surface area contributed by atoms with Crippen molar-refractivity contribution in [1.82, 2.24) is 15.5 Å². The number of nitrogen functional groups attached to an aromatic ring is 1. The molecule has 0 fully saturated rings. The van der Waals surface area contributed by atoms with Crippen molar-refractivity contribution in [2.75, 3.05) is 5.73 Å². The van der Waals surface area contributed by atoms with Crippen LogP contribution in [-0.2, 0) is 11.2 Å². The number of anilines is 1. The minimum absolute atomic E-state index is 0.0397. The Balaban J connectivity index is 1.72. The average Bonchev–Trinajstić information content (AvgIpc) is 3.00.